The first-order chi connectivity index (χ1) is 17.7. The third-order valence-corrected chi connectivity index (χ3v) is 8.27. The van der Waals surface area contributed by atoms with E-state index in [1.165, 1.54) is 112 Å². The zero-order valence-electron chi connectivity index (χ0n) is 22.8. The van der Waals surface area contributed by atoms with Crippen LogP contribution in [0.25, 0.3) is 10.8 Å². The summed E-state index contributed by atoms with van der Waals surface area (Å²) in [6.07, 6.45) is 19.0. The lowest BCUT2D eigenvalue weighted by atomic mass is 9.77. The van der Waals surface area contributed by atoms with E-state index in [-0.39, 0.29) is 0 Å². The fourth-order valence-electron chi connectivity index (χ4n) is 5.90. The van der Waals surface area contributed by atoms with Crippen LogP contribution in [0.15, 0.2) is 60.7 Å². The Morgan fingerprint density at radius 2 is 1.25 bits per heavy atom. The Hall–Kier alpha value is -2.52. The molecule has 1 saturated carbocycles. The normalized spacial score (nSPS) is 17.6. The zero-order valence-corrected chi connectivity index (χ0v) is 22.8. The van der Waals surface area contributed by atoms with Gasteiger partial charge in [-0.1, -0.05) is 113 Å². The first-order valence-corrected chi connectivity index (χ1v) is 14.9. The van der Waals surface area contributed by atoms with E-state index in [0.29, 0.717) is 0 Å². The highest BCUT2D eigenvalue weighted by molar-refractivity contribution is 5.84. The molecule has 0 spiro atoms. The molecule has 190 valence electrons. The second-order valence-electron chi connectivity index (χ2n) is 11.1. The summed E-state index contributed by atoms with van der Waals surface area (Å²) in [5, 5.41) is 2.62. The molecule has 0 radical (unpaired) electrons. The minimum absolute atomic E-state index is 0.747. The number of fused-ring (bicyclic) bond motifs is 1. The zero-order chi connectivity index (χ0) is 25.0. The van der Waals surface area contributed by atoms with E-state index >= 15 is 0 Å². The Bertz CT molecular complexity index is 1120. The van der Waals surface area contributed by atoms with Crippen LogP contribution in [-0.2, 0) is 6.42 Å². The second-order valence-corrected chi connectivity index (χ2v) is 11.1. The van der Waals surface area contributed by atoms with E-state index in [1.807, 2.05) is 0 Å². The van der Waals surface area contributed by atoms with Crippen LogP contribution in [0.5, 0.6) is 0 Å². The standard InChI is InChI=1S/C36H46/c1-3-5-7-8-9-10-12-31-19-25-36-28-32(20-26-35(36)27-31)14-13-30-17-23-34(24-18-30)33-21-15-29(16-22-33)11-6-4-2/h17-20,23-29,33H,3-12,15-16,21-22H2,1-2H3. The molecule has 3 aromatic rings. The van der Waals surface area contributed by atoms with Crippen molar-refractivity contribution in [1.29, 1.82) is 0 Å². The molecule has 36 heavy (non-hydrogen) atoms. The highest BCUT2D eigenvalue weighted by Gasteiger charge is 2.21. The van der Waals surface area contributed by atoms with Gasteiger partial charge in [0, 0.05) is 11.1 Å². The van der Waals surface area contributed by atoms with E-state index in [0.717, 1.165) is 23.0 Å². The van der Waals surface area contributed by atoms with Crippen LogP contribution in [-0.4, -0.2) is 0 Å². The van der Waals surface area contributed by atoms with Gasteiger partial charge in [0.2, 0.25) is 0 Å². The lowest BCUT2D eigenvalue weighted by molar-refractivity contribution is 0.304. The van der Waals surface area contributed by atoms with E-state index in [9.17, 15) is 0 Å². The van der Waals surface area contributed by atoms with Gasteiger partial charge in [-0.3, -0.25) is 0 Å². The molecule has 0 bridgehead atoms. The lowest BCUT2D eigenvalue weighted by Crippen LogP contribution is -2.13. The van der Waals surface area contributed by atoms with Crippen LogP contribution in [0.3, 0.4) is 0 Å². The summed E-state index contributed by atoms with van der Waals surface area (Å²) in [5.74, 6) is 8.52. The van der Waals surface area contributed by atoms with Crippen LogP contribution in [0.1, 0.15) is 125 Å². The van der Waals surface area contributed by atoms with Gasteiger partial charge < -0.3 is 0 Å². The molecule has 0 aromatic heterocycles. The molecular formula is C36H46. The van der Waals surface area contributed by atoms with Crippen molar-refractivity contribution >= 4 is 10.8 Å². The molecule has 0 saturated heterocycles. The van der Waals surface area contributed by atoms with E-state index in [2.05, 4.69) is 86.4 Å². The summed E-state index contributed by atoms with van der Waals surface area (Å²) in [6, 6.07) is 22.7. The summed E-state index contributed by atoms with van der Waals surface area (Å²) in [6.45, 7) is 4.59. The number of benzene rings is 3. The van der Waals surface area contributed by atoms with Crippen molar-refractivity contribution in [2.45, 2.75) is 110 Å². The maximum Gasteiger partial charge on any atom is 0.0255 e. The highest BCUT2D eigenvalue weighted by atomic mass is 14.3. The van der Waals surface area contributed by atoms with E-state index in [1.54, 1.807) is 0 Å². The van der Waals surface area contributed by atoms with Gasteiger partial charge in [0.25, 0.3) is 0 Å². The molecule has 0 amide bonds. The fourth-order valence-corrected chi connectivity index (χ4v) is 5.90. The molecule has 4 rings (SSSR count). The van der Waals surface area contributed by atoms with Crippen molar-refractivity contribution in [2.24, 2.45) is 5.92 Å². The molecular weight excluding hydrogens is 432 g/mol. The average Bonchev–Trinajstić information content (AvgIpc) is 2.93. The average molecular weight is 479 g/mol. The summed E-state index contributed by atoms with van der Waals surface area (Å²) in [7, 11) is 0. The fraction of sp³-hybridized carbons (Fsp3) is 0.500. The van der Waals surface area contributed by atoms with Gasteiger partial charge in [-0.25, -0.2) is 0 Å². The minimum atomic E-state index is 0.747. The SMILES string of the molecule is CCCCCCCCc1ccc2cc(C#Cc3ccc(C4CCC(CCCC)CC4)cc3)ccc2c1. The summed E-state index contributed by atoms with van der Waals surface area (Å²) in [5.41, 5.74) is 5.19. The molecule has 0 aliphatic heterocycles. The van der Waals surface area contributed by atoms with E-state index in [4.69, 9.17) is 0 Å². The predicted octanol–water partition coefficient (Wildman–Crippen LogP) is 10.6. The Morgan fingerprint density at radius 3 is 2.03 bits per heavy atom. The predicted molar refractivity (Wildman–Crippen MR) is 158 cm³/mol. The van der Waals surface area contributed by atoms with Crippen LogP contribution in [0.4, 0.5) is 0 Å². The number of aryl methyl sites for hydroxylation is 1. The van der Waals surface area contributed by atoms with Gasteiger partial charge in [0.05, 0.1) is 0 Å². The number of rotatable bonds is 11. The molecule has 0 unspecified atom stereocenters. The maximum atomic E-state index is 3.40. The number of hydrogen-bond donors (Lipinski definition) is 0. The molecule has 1 fully saturated rings. The van der Waals surface area contributed by atoms with Crippen molar-refractivity contribution in [2.75, 3.05) is 0 Å². The molecule has 3 aromatic carbocycles. The number of hydrogen-bond acceptors (Lipinski definition) is 0. The Balaban J connectivity index is 1.30. The topological polar surface area (TPSA) is 0 Å². The molecule has 0 atom stereocenters. The summed E-state index contributed by atoms with van der Waals surface area (Å²) < 4.78 is 0. The Kier molecular flexibility index (Phi) is 10.5. The van der Waals surface area contributed by atoms with Gasteiger partial charge in [0.1, 0.15) is 0 Å². The summed E-state index contributed by atoms with van der Waals surface area (Å²) >= 11 is 0. The lowest BCUT2D eigenvalue weighted by Gasteiger charge is -2.28. The first-order valence-electron chi connectivity index (χ1n) is 14.9. The van der Waals surface area contributed by atoms with Crippen molar-refractivity contribution in [1.82, 2.24) is 0 Å². The Morgan fingerprint density at radius 1 is 0.611 bits per heavy atom. The van der Waals surface area contributed by atoms with Gasteiger partial charge in [-0.2, -0.15) is 0 Å². The Labute approximate surface area is 220 Å². The number of unbranched alkanes of at least 4 members (excludes halogenated alkanes) is 6. The van der Waals surface area contributed by atoms with Gasteiger partial charge >= 0.3 is 0 Å². The van der Waals surface area contributed by atoms with E-state index < -0.39 is 0 Å². The van der Waals surface area contributed by atoms with Gasteiger partial charge in [-0.05, 0) is 96.5 Å². The van der Waals surface area contributed by atoms with Crippen molar-refractivity contribution in [3.05, 3.63) is 82.9 Å². The monoisotopic (exact) mass is 478 g/mol. The van der Waals surface area contributed by atoms with Crippen LogP contribution >= 0.6 is 0 Å². The van der Waals surface area contributed by atoms with Crippen LogP contribution in [0, 0.1) is 17.8 Å². The maximum absolute atomic E-state index is 3.40. The smallest absolute Gasteiger partial charge is 0.0255 e. The van der Waals surface area contributed by atoms with Crippen LogP contribution in [0.2, 0.25) is 0 Å². The first kappa shape index (κ1) is 26.5. The molecule has 0 N–H and O–H groups in total. The summed E-state index contributed by atoms with van der Waals surface area (Å²) in [4.78, 5) is 0. The molecule has 1 aliphatic carbocycles. The molecule has 0 nitrogen and oxygen atoms in total. The van der Waals surface area contributed by atoms with Gasteiger partial charge in [0.15, 0.2) is 0 Å². The molecule has 1 aliphatic rings. The van der Waals surface area contributed by atoms with Crippen LogP contribution < -0.4 is 0 Å². The molecule has 0 heteroatoms. The highest BCUT2D eigenvalue weighted by Crippen LogP contribution is 2.37. The van der Waals surface area contributed by atoms with Gasteiger partial charge in [-0.15, -0.1) is 0 Å². The molecule has 0 heterocycles. The van der Waals surface area contributed by atoms with Crippen molar-refractivity contribution < 1.29 is 0 Å². The largest absolute Gasteiger partial charge is 0.0654 e. The van der Waals surface area contributed by atoms with Crippen molar-refractivity contribution in [3.8, 4) is 11.8 Å². The minimum Gasteiger partial charge on any atom is -0.0654 e. The third kappa shape index (κ3) is 8.00. The third-order valence-electron chi connectivity index (χ3n) is 8.27. The van der Waals surface area contributed by atoms with Crippen molar-refractivity contribution in [3.63, 3.8) is 0 Å². The quantitative estimate of drug-likeness (QED) is 0.190. The second kappa shape index (κ2) is 14.3.